The van der Waals surface area contributed by atoms with E-state index in [9.17, 15) is 0 Å². The third-order valence-corrected chi connectivity index (χ3v) is 5.24. The van der Waals surface area contributed by atoms with Crippen molar-refractivity contribution in [2.45, 2.75) is 15.6 Å². The van der Waals surface area contributed by atoms with Gasteiger partial charge in [0.1, 0.15) is 10.8 Å². The lowest BCUT2D eigenvalue weighted by molar-refractivity contribution is 0.414. The van der Waals surface area contributed by atoms with Crippen molar-refractivity contribution in [2.75, 3.05) is 7.11 Å². The molecule has 0 radical (unpaired) electrons. The molecule has 5 heteroatoms. The molecule has 3 rings (SSSR count). The van der Waals surface area contributed by atoms with Gasteiger partial charge in [0, 0.05) is 11.4 Å². The number of nitrogens with two attached hydrogens (primary N) is 1. The fourth-order valence-electron chi connectivity index (χ4n) is 2.10. The molecule has 0 fully saturated rings. The Morgan fingerprint density at radius 1 is 1.14 bits per heavy atom. The van der Waals surface area contributed by atoms with Gasteiger partial charge in [-0.15, -0.1) is 11.3 Å². The summed E-state index contributed by atoms with van der Waals surface area (Å²) < 4.78 is 6.57. The van der Waals surface area contributed by atoms with Crippen LogP contribution in [0.15, 0.2) is 63.8 Å². The van der Waals surface area contributed by atoms with Crippen LogP contribution in [0.1, 0.15) is 5.01 Å². The van der Waals surface area contributed by atoms with E-state index in [1.807, 2.05) is 30.5 Å². The first kappa shape index (κ1) is 15.1. The van der Waals surface area contributed by atoms with Crippen LogP contribution in [0.25, 0.3) is 11.1 Å². The molecule has 3 nitrogen and oxygen atoms in total. The van der Waals surface area contributed by atoms with E-state index in [0.29, 0.717) is 6.54 Å². The quantitative estimate of drug-likeness (QED) is 0.753. The number of thiazole rings is 1. The fraction of sp³-hybridized carbons (Fsp3) is 0.118. The maximum Gasteiger partial charge on any atom is 0.120 e. The van der Waals surface area contributed by atoms with Gasteiger partial charge >= 0.3 is 0 Å². The molecule has 0 amide bonds. The number of hydrogen-bond acceptors (Lipinski definition) is 5. The minimum Gasteiger partial charge on any atom is -0.497 e. The highest BCUT2D eigenvalue weighted by atomic mass is 32.2. The second-order valence-corrected chi connectivity index (χ2v) is 7.13. The average molecular weight is 328 g/mol. The van der Waals surface area contributed by atoms with Crippen LogP contribution in [-0.2, 0) is 6.54 Å². The molecular formula is C17H16N2OS2. The third kappa shape index (κ3) is 3.50. The van der Waals surface area contributed by atoms with Crippen LogP contribution in [0.4, 0.5) is 0 Å². The van der Waals surface area contributed by atoms with Gasteiger partial charge in [-0.25, -0.2) is 4.98 Å². The van der Waals surface area contributed by atoms with Crippen molar-refractivity contribution < 1.29 is 4.74 Å². The van der Waals surface area contributed by atoms with E-state index in [1.54, 1.807) is 30.2 Å². The molecule has 0 aliphatic heterocycles. The first-order chi connectivity index (χ1) is 10.8. The summed E-state index contributed by atoms with van der Waals surface area (Å²) in [6, 6.07) is 16.6. The number of hydrogen-bond donors (Lipinski definition) is 1. The summed E-state index contributed by atoms with van der Waals surface area (Å²) in [6.45, 7) is 0.485. The highest BCUT2D eigenvalue weighted by molar-refractivity contribution is 8.01. The number of rotatable bonds is 5. The predicted octanol–water partition coefficient (Wildman–Crippen LogP) is 4.43. The van der Waals surface area contributed by atoms with E-state index in [0.717, 1.165) is 25.4 Å². The highest BCUT2D eigenvalue weighted by Crippen LogP contribution is 2.36. The van der Waals surface area contributed by atoms with Gasteiger partial charge in [-0.2, -0.15) is 0 Å². The van der Waals surface area contributed by atoms with Gasteiger partial charge in [0.15, 0.2) is 0 Å². The van der Waals surface area contributed by atoms with Gasteiger partial charge < -0.3 is 10.5 Å². The molecule has 0 aliphatic carbocycles. The topological polar surface area (TPSA) is 48.1 Å². The molecule has 0 bridgehead atoms. The average Bonchev–Trinajstić information content (AvgIpc) is 3.03. The summed E-state index contributed by atoms with van der Waals surface area (Å²) in [7, 11) is 1.69. The molecule has 112 valence electrons. The van der Waals surface area contributed by atoms with Crippen molar-refractivity contribution >= 4 is 23.1 Å². The molecule has 0 saturated carbocycles. The largest absolute Gasteiger partial charge is 0.497 e. The van der Waals surface area contributed by atoms with E-state index in [2.05, 4.69) is 29.2 Å². The SMILES string of the molecule is COc1cc(Sc2cnc(CN)s2)cc(-c2ccccc2)c1. The fourth-order valence-corrected chi connectivity index (χ4v) is 4.07. The van der Waals surface area contributed by atoms with E-state index < -0.39 is 0 Å². The highest BCUT2D eigenvalue weighted by Gasteiger charge is 2.07. The summed E-state index contributed by atoms with van der Waals surface area (Å²) in [6.07, 6.45) is 1.87. The minimum atomic E-state index is 0.485. The molecule has 0 aliphatic rings. The number of aromatic nitrogens is 1. The number of nitrogens with zero attached hydrogens (tertiary/aromatic N) is 1. The Labute approximate surface area is 138 Å². The van der Waals surface area contributed by atoms with Gasteiger partial charge in [0.25, 0.3) is 0 Å². The van der Waals surface area contributed by atoms with E-state index in [4.69, 9.17) is 10.5 Å². The van der Waals surface area contributed by atoms with Crippen LogP contribution < -0.4 is 10.5 Å². The van der Waals surface area contributed by atoms with Crippen LogP contribution in [-0.4, -0.2) is 12.1 Å². The van der Waals surface area contributed by atoms with Gasteiger partial charge in [-0.1, -0.05) is 42.1 Å². The van der Waals surface area contributed by atoms with Crippen molar-refractivity contribution in [3.8, 4) is 16.9 Å². The van der Waals surface area contributed by atoms with Gasteiger partial charge in [0.05, 0.1) is 17.5 Å². The van der Waals surface area contributed by atoms with Crippen molar-refractivity contribution in [3.05, 3.63) is 59.7 Å². The summed E-state index contributed by atoms with van der Waals surface area (Å²) >= 11 is 3.31. The summed E-state index contributed by atoms with van der Waals surface area (Å²) in [5, 5.41) is 0.952. The molecule has 1 aromatic heterocycles. The molecule has 2 aromatic carbocycles. The van der Waals surface area contributed by atoms with Crippen molar-refractivity contribution in [1.29, 1.82) is 0 Å². The summed E-state index contributed by atoms with van der Waals surface area (Å²) in [5.74, 6) is 0.854. The lowest BCUT2D eigenvalue weighted by atomic mass is 10.1. The van der Waals surface area contributed by atoms with Gasteiger partial charge in [0.2, 0.25) is 0 Å². The molecule has 1 heterocycles. The van der Waals surface area contributed by atoms with Crippen molar-refractivity contribution in [1.82, 2.24) is 4.98 Å². The lowest BCUT2D eigenvalue weighted by Crippen LogP contribution is -1.93. The molecule has 22 heavy (non-hydrogen) atoms. The van der Waals surface area contributed by atoms with Crippen LogP contribution in [0.3, 0.4) is 0 Å². The maximum absolute atomic E-state index is 5.62. The monoisotopic (exact) mass is 328 g/mol. The second-order valence-electron chi connectivity index (χ2n) is 4.64. The first-order valence-electron chi connectivity index (χ1n) is 6.85. The zero-order valence-corrected chi connectivity index (χ0v) is 13.8. The molecule has 0 atom stereocenters. The van der Waals surface area contributed by atoms with Crippen molar-refractivity contribution in [3.63, 3.8) is 0 Å². The van der Waals surface area contributed by atoms with Crippen LogP contribution in [0.2, 0.25) is 0 Å². The zero-order valence-electron chi connectivity index (χ0n) is 12.2. The lowest BCUT2D eigenvalue weighted by Gasteiger charge is -2.08. The van der Waals surface area contributed by atoms with E-state index in [1.165, 1.54) is 5.56 Å². The third-order valence-electron chi connectivity index (χ3n) is 3.15. The predicted molar refractivity (Wildman–Crippen MR) is 92.6 cm³/mol. The standard InChI is InChI=1S/C17H16N2OS2/c1-20-14-7-13(12-5-3-2-4-6-12)8-15(9-14)21-17-11-19-16(10-18)22-17/h2-9,11H,10,18H2,1H3. The summed E-state index contributed by atoms with van der Waals surface area (Å²) in [4.78, 5) is 5.43. The molecule has 0 saturated heterocycles. The Hall–Kier alpha value is -1.82. The smallest absolute Gasteiger partial charge is 0.120 e. The van der Waals surface area contributed by atoms with Gasteiger partial charge in [-0.05, 0) is 29.3 Å². The Morgan fingerprint density at radius 2 is 1.95 bits per heavy atom. The molecule has 2 N–H and O–H groups in total. The number of methoxy groups -OCH3 is 1. The number of benzene rings is 2. The van der Waals surface area contributed by atoms with Crippen LogP contribution in [0, 0.1) is 0 Å². The van der Waals surface area contributed by atoms with E-state index >= 15 is 0 Å². The zero-order chi connectivity index (χ0) is 15.4. The summed E-state index contributed by atoms with van der Waals surface area (Å²) in [5.41, 5.74) is 7.94. The Balaban J connectivity index is 1.93. The second kappa shape index (κ2) is 6.96. The minimum absolute atomic E-state index is 0.485. The molecule has 0 unspecified atom stereocenters. The first-order valence-corrected chi connectivity index (χ1v) is 8.49. The number of ether oxygens (including phenoxy) is 1. The van der Waals surface area contributed by atoms with E-state index in [-0.39, 0.29) is 0 Å². The normalized spacial score (nSPS) is 10.6. The van der Waals surface area contributed by atoms with Crippen molar-refractivity contribution in [2.24, 2.45) is 5.73 Å². The van der Waals surface area contributed by atoms with Gasteiger partial charge in [-0.3, -0.25) is 0 Å². The Bertz CT molecular complexity index is 756. The van der Waals surface area contributed by atoms with Crippen LogP contribution in [0.5, 0.6) is 5.75 Å². The molecule has 0 spiro atoms. The Kier molecular flexibility index (Phi) is 4.77. The Morgan fingerprint density at radius 3 is 2.64 bits per heavy atom. The maximum atomic E-state index is 5.62. The molecular weight excluding hydrogens is 312 g/mol. The van der Waals surface area contributed by atoms with Crippen LogP contribution >= 0.6 is 23.1 Å². The molecule has 3 aromatic rings.